The van der Waals surface area contributed by atoms with Crippen LogP contribution in [0.5, 0.6) is 0 Å². The lowest BCUT2D eigenvalue weighted by Crippen LogP contribution is -3.00. The van der Waals surface area contributed by atoms with Gasteiger partial charge >= 0.3 is 12.2 Å². The number of hydrogen-bond donors (Lipinski definition) is 3. The number of amides is 2. The molecule has 0 aliphatic carbocycles. The predicted octanol–water partition coefficient (Wildman–Crippen LogP) is 13.5. The average molecular weight is 1290 g/mol. The zero-order valence-electron chi connectivity index (χ0n) is 52.0. The molecule has 0 saturated carbocycles. The number of rotatable bonds is 11. The van der Waals surface area contributed by atoms with Gasteiger partial charge in [0.15, 0.2) is 0 Å². The van der Waals surface area contributed by atoms with Crippen molar-refractivity contribution < 1.29 is 37.2 Å². The summed E-state index contributed by atoms with van der Waals surface area (Å²) in [5.41, 5.74) is 20.5. The molecule has 0 unspecified atom stereocenters. The third kappa shape index (κ3) is 17.4. The van der Waals surface area contributed by atoms with Crippen molar-refractivity contribution >= 4 is 68.9 Å². The molecule has 6 aromatic carbocycles. The Morgan fingerprint density at radius 3 is 1.09 bits per heavy atom. The van der Waals surface area contributed by atoms with E-state index in [9.17, 15) is 20.1 Å². The van der Waals surface area contributed by atoms with Gasteiger partial charge in [0, 0.05) is 86.8 Å². The molecule has 0 spiro atoms. The number of nitrogens with one attached hydrogen (secondary N) is 2. The molecule has 0 saturated heterocycles. The lowest BCUT2D eigenvalue weighted by molar-refractivity contribution is -0.386. The summed E-state index contributed by atoms with van der Waals surface area (Å²) in [6.07, 6.45) is 4.01. The maximum atomic E-state index is 11.9. The number of carbonyl (C=O) groups is 2. The van der Waals surface area contributed by atoms with E-state index in [4.69, 9.17) is 36.0 Å². The molecular formula is C75H66Cl3N11O4. The van der Waals surface area contributed by atoms with E-state index in [0.717, 1.165) is 112 Å². The molecule has 0 aliphatic rings. The predicted molar refractivity (Wildman–Crippen MR) is 366 cm³/mol. The van der Waals surface area contributed by atoms with Crippen molar-refractivity contribution in [2.75, 3.05) is 0 Å². The summed E-state index contributed by atoms with van der Waals surface area (Å²) in [5, 5.41) is 27.2. The van der Waals surface area contributed by atoms with Gasteiger partial charge in [-0.1, -0.05) is 175 Å². The zero-order valence-corrected chi connectivity index (χ0v) is 54.3. The summed E-state index contributed by atoms with van der Waals surface area (Å²) in [6.45, 7) is 12.5. The highest BCUT2D eigenvalue weighted by atomic mass is 35.5. The third-order valence-corrected chi connectivity index (χ3v) is 14.6. The van der Waals surface area contributed by atoms with Gasteiger partial charge in [-0.2, -0.15) is 10.5 Å². The Morgan fingerprint density at radius 1 is 0.452 bits per heavy atom. The first kappa shape index (κ1) is 68.3. The molecule has 0 radical (unpaired) electrons. The Morgan fingerprint density at radius 2 is 0.763 bits per heavy atom. The molecule has 2 amide bonds. The number of ether oxygens (including phenoxy) is 2. The van der Waals surface area contributed by atoms with Crippen LogP contribution in [0.4, 0.5) is 9.59 Å². The van der Waals surface area contributed by atoms with E-state index in [0.29, 0.717) is 35.1 Å². The van der Waals surface area contributed by atoms with Crippen LogP contribution in [0, 0.1) is 22.7 Å². The number of alkyl carbamates (subject to hydrolysis) is 2. The number of aromatic nitrogens is 6. The molecule has 6 heterocycles. The monoisotopic (exact) mass is 1290 g/mol. The van der Waals surface area contributed by atoms with E-state index >= 15 is 0 Å². The van der Waals surface area contributed by atoms with Gasteiger partial charge in [-0.15, -0.1) is 12.4 Å². The van der Waals surface area contributed by atoms with Crippen LogP contribution in [0.15, 0.2) is 219 Å². The zero-order chi connectivity index (χ0) is 64.1. The number of hydrogen-bond acceptors (Lipinski definition) is 12. The van der Waals surface area contributed by atoms with Crippen LogP contribution >= 0.6 is 24.0 Å². The van der Waals surface area contributed by atoms with E-state index < -0.39 is 23.4 Å². The Labute approximate surface area is 557 Å². The Hall–Kier alpha value is -10.7. The first-order chi connectivity index (χ1) is 43.9. The molecule has 6 aromatic heterocycles. The van der Waals surface area contributed by atoms with Crippen molar-refractivity contribution in [1.29, 1.82) is 10.5 Å². The largest absolute Gasteiger partial charge is 1.00 e. The summed E-state index contributed by atoms with van der Waals surface area (Å²) in [4.78, 5) is 51.1. The minimum atomic E-state index is -0.537. The van der Waals surface area contributed by atoms with Crippen LogP contribution in [-0.2, 0) is 29.1 Å². The number of nitrogens with zero attached hydrogens (tertiary/aromatic N) is 8. The van der Waals surface area contributed by atoms with Crippen molar-refractivity contribution in [2.24, 2.45) is 0 Å². The van der Waals surface area contributed by atoms with Gasteiger partial charge in [0.25, 0.3) is 0 Å². The third-order valence-electron chi connectivity index (χ3n) is 14.3. The number of fused-ring (bicyclic) bond motifs is 3. The fraction of sp³-hybridized carbons (Fsp3) is 0.147. The standard InChI is InChI=1S/C27H24N4O2.C26H24ClN3O2.C22H16N4.2ClH/c1-27(2,3)33-26(32)30-17-18-9-11-20(12-10-18)25-21(19-7-5-4-6-8-19)15-22-23(31-25)13-14-29-24(22)16-28;1-26(2,3)32-25(31)29-16-17-9-11-19(12-10-17)23-20(18-7-5-4-6-8-18)15-21-22(30-23)13-14-28-24(21)27;23-13-15-6-8-17(9-7-15)22-18(16-4-2-1-3-5-16)12-19-20(26-22)10-11-25-21(19)14-24;;/h4-15H,17H2,1-3H3,(H,30,32);4-15H,16H2,1-3H3,(H,29,31);1-12H,13,23H2;2*1H. The second-order valence-electron chi connectivity index (χ2n) is 23.1. The maximum Gasteiger partial charge on any atom is 0.407 e. The van der Waals surface area contributed by atoms with Crippen molar-refractivity contribution in [3.05, 3.63) is 252 Å². The second kappa shape index (κ2) is 30.9. The van der Waals surface area contributed by atoms with Crippen molar-refractivity contribution in [3.8, 4) is 79.3 Å². The van der Waals surface area contributed by atoms with Crippen LogP contribution in [0.3, 0.4) is 0 Å². The van der Waals surface area contributed by atoms with Gasteiger partial charge in [-0.05, 0) is 106 Å². The fourth-order valence-corrected chi connectivity index (χ4v) is 10.2. The molecule has 0 fully saturated rings. The number of halogens is 3. The molecule has 12 rings (SSSR count). The Bertz CT molecular complexity index is 4660. The number of quaternary nitrogens is 1. The molecule has 93 heavy (non-hydrogen) atoms. The van der Waals surface area contributed by atoms with Crippen LogP contribution in [-0.4, -0.2) is 53.3 Å². The molecule has 0 bridgehead atoms. The van der Waals surface area contributed by atoms with Crippen LogP contribution in [0.1, 0.15) is 69.6 Å². The fourth-order valence-electron chi connectivity index (χ4n) is 9.97. The number of carbonyl (C=O) groups excluding carboxylic acids is 2. The van der Waals surface area contributed by atoms with Crippen LogP contribution < -0.4 is 28.8 Å². The summed E-state index contributed by atoms with van der Waals surface area (Å²) in [7, 11) is 0. The van der Waals surface area contributed by atoms with E-state index in [-0.39, 0.29) is 24.8 Å². The molecule has 0 atom stereocenters. The highest BCUT2D eigenvalue weighted by Crippen LogP contribution is 2.38. The number of benzene rings is 6. The lowest BCUT2D eigenvalue weighted by Gasteiger charge is -2.19. The van der Waals surface area contributed by atoms with Gasteiger partial charge < -0.3 is 38.2 Å². The molecule has 18 heteroatoms. The minimum absolute atomic E-state index is 0. The quantitative estimate of drug-likeness (QED) is 0.103. The Kier molecular flexibility index (Phi) is 22.7. The maximum absolute atomic E-state index is 11.9. The SMILES string of the molecule is CC(C)(C)OC(=O)NCc1ccc(-c2nc3ccnc(C#N)c3cc2-c2ccccc2)cc1.CC(C)(C)OC(=O)NCc1ccc(-c2nc3ccnc(Cl)c3cc2-c2ccccc2)cc1.Cl.N#Cc1nccc2nc(-c3ccc(C[NH3+])cc3)c(-c3ccccc3)cc12.[Cl-]. The summed E-state index contributed by atoms with van der Waals surface area (Å²) in [6, 6.07) is 70.2. The average Bonchev–Trinajstić information content (AvgIpc) is 0.850. The summed E-state index contributed by atoms with van der Waals surface area (Å²) < 4.78 is 10.6. The van der Waals surface area contributed by atoms with E-state index in [1.165, 1.54) is 5.56 Å². The summed E-state index contributed by atoms with van der Waals surface area (Å²) >= 11 is 6.34. The van der Waals surface area contributed by atoms with Gasteiger partial charge in [0.2, 0.25) is 0 Å². The molecule has 0 aliphatic heterocycles. The van der Waals surface area contributed by atoms with Crippen LogP contribution in [0.2, 0.25) is 5.15 Å². The highest BCUT2D eigenvalue weighted by molar-refractivity contribution is 6.34. The Balaban J connectivity index is 0.000000179. The molecule has 12 aromatic rings. The van der Waals surface area contributed by atoms with Crippen molar-refractivity contribution in [2.45, 2.75) is 72.4 Å². The highest BCUT2D eigenvalue weighted by Gasteiger charge is 2.20. The molecule has 15 nitrogen and oxygen atoms in total. The number of pyridine rings is 6. The lowest BCUT2D eigenvalue weighted by atomic mass is 9.96. The van der Waals surface area contributed by atoms with Crippen molar-refractivity contribution in [3.63, 3.8) is 0 Å². The van der Waals surface area contributed by atoms with Gasteiger partial charge in [0.05, 0.1) is 40.2 Å². The normalized spacial score (nSPS) is 10.8. The van der Waals surface area contributed by atoms with E-state index in [2.05, 4.69) is 92.0 Å². The molecule has 466 valence electrons. The van der Waals surface area contributed by atoms with Gasteiger partial charge in [0.1, 0.15) is 39.9 Å². The molecular weight excluding hydrogens is 1230 g/mol. The topological polar surface area (TPSA) is 229 Å². The van der Waals surface area contributed by atoms with E-state index in [1.54, 1.807) is 18.6 Å². The van der Waals surface area contributed by atoms with E-state index in [1.807, 2.05) is 193 Å². The van der Waals surface area contributed by atoms with Gasteiger partial charge in [-0.3, -0.25) is 0 Å². The van der Waals surface area contributed by atoms with Crippen molar-refractivity contribution in [1.82, 2.24) is 40.5 Å². The van der Waals surface area contributed by atoms with Crippen LogP contribution in [0.25, 0.3) is 99.9 Å². The summed E-state index contributed by atoms with van der Waals surface area (Å²) in [5.74, 6) is 0. The first-order valence-electron chi connectivity index (χ1n) is 29.5. The second-order valence-corrected chi connectivity index (χ2v) is 23.5. The smallest absolute Gasteiger partial charge is 0.407 e. The van der Waals surface area contributed by atoms with Gasteiger partial charge in [-0.25, -0.2) is 39.5 Å². The first-order valence-corrected chi connectivity index (χ1v) is 29.8. The molecule has 5 N–H and O–H groups in total. The number of nitriles is 2. The minimum Gasteiger partial charge on any atom is -1.00 e.